The van der Waals surface area contributed by atoms with Crippen LogP contribution in [0, 0.1) is 13.8 Å². The van der Waals surface area contributed by atoms with E-state index in [2.05, 4.69) is 60.6 Å². The fraction of sp³-hybridized carbons (Fsp3) is 0.524. The minimum Gasteiger partial charge on any atom is -0.492 e. The number of guanidine groups is 1. The molecule has 2 N–H and O–H groups in total. The van der Waals surface area contributed by atoms with Gasteiger partial charge in [0, 0.05) is 31.9 Å². The fourth-order valence-corrected chi connectivity index (χ4v) is 2.86. The molecular formula is C21H34IN5O. The average molecular weight is 499 g/mol. The van der Waals surface area contributed by atoms with Gasteiger partial charge in [0.05, 0.1) is 12.2 Å². The molecule has 6 nitrogen and oxygen atoms in total. The summed E-state index contributed by atoms with van der Waals surface area (Å²) in [6.07, 6.45) is 0. The SMILES string of the molecule is CN=C(NCCOc1cccc(C(C)(C)C)c1)NCc1c(C)nn(C)c1C.I. The largest absolute Gasteiger partial charge is 0.492 e. The minimum atomic E-state index is 0. The van der Waals surface area contributed by atoms with Crippen molar-refractivity contribution in [1.82, 2.24) is 20.4 Å². The van der Waals surface area contributed by atoms with E-state index in [1.54, 1.807) is 7.05 Å². The standard InChI is InChI=1S/C21H33N5O.HI/c1-15-19(16(2)26(7)25-15)14-24-20(22-6)23-11-12-27-18-10-8-9-17(13-18)21(3,4)5;/h8-10,13H,11-12,14H2,1-7H3,(H2,22,23,24);1H. The summed E-state index contributed by atoms with van der Waals surface area (Å²) in [5.74, 6) is 1.65. The van der Waals surface area contributed by atoms with Gasteiger partial charge in [0.15, 0.2) is 5.96 Å². The van der Waals surface area contributed by atoms with Gasteiger partial charge in [0.1, 0.15) is 12.4 Å². The maximum absolute atomic E-state index is 5.88. The number of halogens is 1. The molecule has 0 saturated heterocycles. The molecule has 0 radical (unpaired) electrons. The highest BCUT2D eigenvalue weighted by atomic mass is 127. The number of nitrogens with zero attached hydrogens (tertiary/aromatic N) is 3. The van der Waals surface area contributed by atoms with Gasteiger partial charge in [-0.15, -0.1) is 24.0 Å². The first-order valence-electron chi connectivity index (χ1n) is 9.39. The van der Waals surface area contributed by atoms with Crippen LogP contribution in [0.4, 0.5) is 0 Å². The molecule has 2 aromatic rings. The Kier molecular flexibility index (Phi) is 9.26. The van der Waals surface area contributed by atoms with Gasteiger partial charge in [-0.05, 0) is 37.0 Å². The minimum absolute atomic E-state index is 0. The predicted molar refractivity (Wildman–Crippen MR) is 127 cm³/mol. The van der Waals surface area contributed by atoms with Gasteiger partial charge in [-0.1, -0.05) is 32.9 Å². The molecule has 0 spiro atoms. The van der Waals surface area contributed by atoms with Crippen LogP contribution in [-0.4, -0.2) is 35.9 Å². The summed E-state index contributed by atoms with van der Waals surface area (Å²) in [4.78, 5) is 4.27. The molecule has 0 unspecified atom stereocenters. The Morgan fingerprint density at radius 3 is 2.50 bits per heavy atom. The number of aliphatic imine (C=N–C) groups is 1. The highest BCUT2D eigenvalue weighted by Crippen LogP contribution is 2.25. The van der Waals surface area contributed by atoms with Crippen molar-refractivity contribution in [3.8, 4) is 5.75 Å². The van der Waals surface area contributed by atoms with Crippen molar-refractivity contribution in [1.29, 1.82) is 0 Å². The van der Waals surface area contributed by atoms with E-state index in [0.29, 0.717) is 19.7 Å². The Labute approximate surface area is 186 Å². The summed E-state index contributed by atoms with van der Waals surface area (Å²) in [7, 11) is 3.73. The van der Waals surface area contributed by atoms with Crippen molar-refractivity contribution in [3.63, 3.8) is 0 Å². The molecule has 156 valence electrons. The lowest BCUT2D eigenvalue weighted by atomic mass is 9.87. The van der Waals surface area contributed by atoms with Gasteiger partial charge < -0.3 is 15.4 Å². The number of nitrogens with one attached hydrogen (secondary N) is 2. The first kappa shape index (κ1) is 24.3. The van der Waals surface area contributed by atoms with Gasteiger partial charge in [0.2, 0.25) is 0 Å². The number of aromatic nitrogens is 2. The van der Waals surface area contributed by atoms with E-state index < -0.39 is 0 Å². The quantitative estimate of drug-likeness (QED) is 0.276. The molecule has 0 saturated carbocycles. The van der Waals surface area contributed by atoms with Crippen LogP contribution >= 0.6 is 24.0 Å². The zero-order valence-electron chi connectivity index (χ0n) is 18.1. The van der Waals surface area contributed by atoms with Crippen molar-refractivity contribution >= 4 is 29.9 Å². The Morgan fingerprint density at radius 1 is 1.21 bits per heavy atom. The number of hydrogen-bond acceptors (Lipinski definition) is 3. The summed E-state index contributed by atoms with van der Waals surface area (Å²) < 4.78 is 7.79. The number of hydrogen-bond donors (Lipinski definition) is 2. The molecule has 0 atom stereocenters. The monoisotopic (exact) mass is 499 g/mol. The third kappa shape index (κ3) is 6.68. The highest BCUT2D eigenvalue weighted by molar-refractivity contribution is 14.0. The van der Waals surface area contributed by atoms with Crippen LogP contribution in [0.5, 0.6) is 5.75 Å². The van der Waals surface area contributed by atoms with Crippen LogP contribution in [0.3, 0.4) is 0 Å². The molecule has 1 aromatic carbocycles. The van der Waals surface area contributed by atoms with Crippen LogP contribution in [0.25, 0.3) is 0 Å². The third-order valence-corrected chi connectivity index (χ3v) is 4.68. The van der Waals surface area contributed by atoms with E-state index in [1.807, 2.05) is 30.8 Å². The lowest BCUT2D eigenvalue weighted by Gasteiger charge is -2.20. The maximum atomic E-state index is 5.88. The van der Waals surface area contributed by atoms with Crippen LogP contribution < -0.4 is 15.4 Å². The smallest absolute Gasteiger partial charge is 0.191 e. The lowest BCUT2D eigenvalue weighted by molar-refractivity contribution is 0.321. The van der Waals surface area contributed by atoms with Gasteiger partial charge in [-0.3, -0.25) is 9.67 Å². The Balaban J connectivity index is 0.00000392. The normalized spacial score (nSPS) is 11.8. The molecular weight excluding hydrogens is 465 g/mol. The van der Waals surface area contributed by atoms with Crippen molar-refractivity contribution in [2.24, 2.45) is 12.0 Å². The van der Waals surface area contributed by atoms with Crippen molar-refractivity contribution in [2.75, 3.05) is 20.2 Å². The number of rotatable bonds is 6. The first-order valence-corrected chi connectivity index (χ1v) is 9.39. The van der Waals surface area contributed by atoms with Crippen LogP contribution in [-0.2, 0) is 19.0 Å². The van der Waals surface area contributed by atoms with Crippen LogP contribution in [0.15, 0.2) is 29.3 Å². The Bertz CT molecular complexity index is 793. The van der Waals surface area contributed by atoms with E-state index >= 15 is 0 Å². The second-order valence-corrected chi connectivity index (χ2v) is 7.75. The lowest BCUT2D eigenvalue weighted by Crippen LogP contribution is -2.39. The zero-order valence-corrected chi connectivity index (χ0v) is 20.4. The van der Waals surface area contributed by atoms with Crippen molar-refractivity contribution < 1.29 is 4.74 Å². The summed E-state index contributed by atoms with van der Waals surface area (Å²) in [6.45, 7) is 12.6. The van der Waals surface area contributed by atoms with E-state index in [1.165, 1.54) is 11.1 Å². The summed E-state index contributed by atoms with van der Waals surface area (Å²) in [6, 6.07) is 8.29. The molecule has 7 heteroatoms. The molecule has 2 rings (SSSR count). The number of benzene rings is 1. The summed E-state index contributed by atoms with van der Waals surface area (Å²) in [5.41, 5.74) is 4.80. The molecule has 1 aromatic heterocycles. The second-order valence-electron chi connectivity index (χ2n) is 7.75. The Hall–Kier alpha value is -1.77. The molecule has 0 aliphatic heterocycles. The highest BCUT2D eigenvalue weighted by Gasteiger charge is 2.14. The maximum Gasteiger partial charge on any atom is 0.191 e. The first-order chi connectivity index (χ1) is 12.7. The molecule has 0 bridgehead atoms. The van der Waals surface area contributed by atoms with Crippen LogP contribution in [0.1, 0.15) is 43.3 Å². The molecule has 0 aliphatic rings. The fourth-order valence-electron chi connectivity index (χ4n) is 2.86. The molecule has 1 heterocycles. The number of aryl methyl sites for hydroxylation is 2. The molecule has 0 amide bonds. The molecule has 0 aliphatic carbocycles. The molecule has 0 fully saturated rings. The van der Waals surface area contributed by atoms with Gasteiger partial charge in [0.25, 0.3) is 0 Å². The molecule has 28 heavy (non-hydrogen) atoms. The van der Waals surface area contributed by atoms with E-state index in [-0.39, 0.29) is 29.4 Å². The van der Waals surface area contributed by atoms with Gasteiger partial charge >= 0.3 is 0 Å². The number of ether oxygens (including phenoxy) is 1. The van der Waals surface area contributed by atoms with Crippen LogP contribution in [0.2, 0.25) is 0 Å². The van der Waals surface area contributed by atoms with E-state index in [0.717, 1.165) is 23.1 Å². The summed E-state index contributed by atoms with van der Waals surface area (Å²) in [5, 5.41) is 11.1. The summed E-state index contributed by atoms with van der Waals surface area (Å²) >= 11 is 0. The van der Waals surface area contributed by atoms with Crippen molar-refractivity contribution in [2.45, 2.75) is 46.6 Å². The second kappa shape index (κ2) is 10.7. The topological polar surface area (TPSA) is 63.5 Å². The van der Waals surface area contributed by atoms with Gasteiger partial charge in [-0.25, -0.2) is 0 Å². The third-order valence-electron chi connectivity index (χ3n) is 4.68. The Morgan fingerprint density at radius 2 is 1.93 bits per heavy atom. The van der Waals surface area contributed by atoms with E-state index in [9.17, 15) is 0 Å². The average Bonchev–Trinajstić information content (AvgIpc) is 2.86. The predicted octanol–water partition coefficient (Wildman–Crippen LogP) is 3.70. The zero-order chi connectivity index (χ0) is 20.0. The van der Waals surface area contributed by atoms with E-state index in [4.69, 9.17) is 4.74 Å². The van der Waals surface area contributed by atoms with Crippen molar-refractivity contribution in [3.05, 3.63) is 46.8 Å². The van der Waals surface area contributed by atoms with Gasteiger partial charge in [-0.2, -0.15) is 5.10 Å².